The van der Waals surface area contributed by atoms with Crippen molar-refractivity contribution in [3.8, 4) is 0 Å². The summed E-state index contributed by atoms with van der Waals surface area (Å²) in [7, 11) is 0. The molecule has 2 unspecified atom stereocenters. The summed E-state index contributed by atoms with van der Waals surface area (Å²) >= 11 is 0. The number of nitrogens with zero attached hydrogens (tertiary/aromatic N) is 1. The van der Waals surface area contributed by atoms with Crippen LogP contribution in [0.25, 0.3) is 0 Å². The summed E-state index contributed by atoms with van der Waals surface area (Å²) < 4.78 is 13.5. The highest BCUT2D eigenvalue weighted by Crippen LogP contribution is 2.34. The minimum atomic E-state index is -0.827. The zero-order valence-corrected chi connectivity index (χ0v) is 10.5. The van der Waals surface area contributed by atoms with Crippen LogP contribution in [0.3, 0.4) is 0 Å². The summed E-state index contributed by atoms with van der Waals surface area (Å²) in [4.78, 5) is 10.2. The third-order valence-electron chi connectivity index (χ3n) is 3.67. The minimum absolute atomic E-state index is 0.0626. The molecule has 1 aliphatic carbocycles. The Kier molecular flexibility index (Phi) is 4.31. The van der Waals surface area contributed by atoms with E-state index >= 15 is 0 Å². The third-order valence-corrected chi connectivity index (χ3v) is 3.67. The molecular weight excluding hydrogens is 251 g/mol. The average molecular weight is 268 g/mol. The van der Waals surface area contributed by atoms with E-state index in [4.69, 9.17) is 5.11 Å². The Morgan fingerprint density at radius 3 is 2.95 bits per heavy atom. The van der Waals surface area contributed by atoms with E-state index in [0.29, 0.717) is 6.42 Å². The Balaban J connectivity index is 2.19. The van der Waals surface area contributed by atoms with Gasteiger partial charge in [-0.25, -0.2) is 0 Å². The standard InChI is InChI=1S/C13H17FN2O3/c14-10-4-2-6-12(13(10)16(18)19)15-11-5-1-3-9(11)7-8-17/h2,4,6,9,11,15,17H,1,3,5,7-8H2. The monoisotopic (exact) mass is 268 g/mol. The van der Waals surface area contributed by atoms with Gasteiger partial charge in [0.05, 0.1) is 4.92 Å². The number of para-hydroxylation sites is 1. The van der Waals surface area contributed by atoms with Gasteiger partial charge in [0.2, 0.25) is 5.82 Å². The SMILES string of the molecule is O=[N+]([O-])c1c(F)cccc1NC1CCCC1CCO. The molecule has 1 aromatic rings. The van der Waals surface area contributed by atoms with Gasteiger partial charge in [-0.3, -0.25) is 10.1 Å². The first-order valence-corrected chi connectivity index (χ1v) is 6.43. The summed E-state index contributed by atoms with van der Waals surface area (Å²) in [5.41, 5.74) is -0.281. The number of aliphatic hydroxyl groups is 1. The number of nitro benzene ring substituents is 1. The minimum Gasteiger partial charge on any atom is -0.396 e. The van der Waals surface area contributed by atoms with Gasteiger partial charge in [-0.15, -0.1) is 0 Å². The lowest BCUT2D eigenvalue weighted by molar-refractivity contribution is -0.386. The predicted molar refractivity (Wildman–Crippen MR) is 69.5 cm³/mol. The molecule has 1 fully saturated rings. The van der Waals surface area contributed by atoms with E-state index in [1.807, 2.05) is 0 Å². The van der Waals surface area contributed by atoms with Crippen LogP contribution in [0.5, 0.6) is 0 Å². The molecule has 104 valence electrons. The molecule has 1 aliphatic rings. The molecule has 2 N–H and O–H groups in total. The van der Waals surface area contributed by atoms with Crippen LogP contribution in [0, 0.1) is 21.8 Å². The zero-order valence-electron chi connectivity index (χ0n) is 10.5. The third kappa shape index (κ3) is 3.01. The van der Waals surface area contributed by atoms with Crippen LogP contribution in [0.15, 0.2) is 18.2 Å². The fraction of sp³-hybridized carbons (Fsp3) is 0.538. The highest BCUT2D eigenvalue weighted by Gasteiger charge is 2.29. The van der Waals surface area contributed by atoms with Gasteiger partial charge in [0.15, 0.2) is 0 Å². The van der Waals surface area contributed by atoms with Crippen molar-refractivity contribution in [2.45, 2.75) is 31.7 Å². The van der Waals surface area contributed by atoms with Crippen molar-refractivity contribution in [3.63, 3.8) is 0 Å². The number of nitrogens with one attached hydrogen (secondary N) is 1. The van der Waals surface area contributed by atoms with Gasteiger partial charge in [0.25, 0.3) is 0 Å². The summed E-state index contributed by atoms with van der Waals surface area (Å²) in [6.07, 6.45) is 3.56. The Hall–Kier alpha value is -1.69. The molecule has 0 aromatic heterocycles. The normalized spacial score (nSPS) is 22.4. The smallest absolute Gasteiger partial charge is 0.327 e. The number of halogens is 1. The molecule has 1 aromatic carbocycles. The van der Waals surface area contributed by atoms with Crippen LogP contribution < -0.4 is 5.32 Å². The molecule has 0 aliphatic heterocycles. The molecule has 0 radical (unpaired) electrons. The Bertz CT molecular complexity index is 467. The molecule has 19 heavy (non-hydrogen) atoms. The maximum absolute atomic E-state index is 13.5. The molecule has 5 nitrogen and oxygen atoms in total. The van der Waals surface area contributed by atoms with E-state index in [0.717, 1.165) is 25.3 Å². The second-order valence-electron chi connectivity index (χ2n) is 4.85. The molecule has 0 heterocycles. The van der Waals surface area contributed by atoms with E-state index < -0.39 is 16.4 Å². The Morgan fingerprint density at radius 2 is 2.26 bits per heavy atom. The molecule has 2 rings (SSSR count). The van der Waals surface area contributed by atoms with Crippen LogP contribution >= 0.6 is 0 Å². The van der Waals surface area contributed by atoms with Crippen LogP contribution in [0.2, 0.25) is 0 Å². The fourth-order valence-corrected chi connectivity index (χ4v) is 2.76. The van der Waals surface area contributed by atoms with Gasteiger partial charge in [0, 0.05) is 12.6 Å². The highest BCUT2D eigenvalue weighted by molar-refractivity contribution is 5.62. The van der Waals surface area contributed by atoms with Crippen molar-refractivity contribution in [2.75, 3.05) is 11.9 Å². The molecule has 1 saturated carbocycles. The molecule has 0 saturated heterocycles. The lowest BCUT2D eigenvalue weighted by atomic mass is 9.99. The van der Waals surface area contributed by atoms with E-state index in [2.05, 4.69) is 5.32 Å². The number of hydrogen-bond donors (Lipinski definition) is 2. The van der Waals surface area contributed by atoms with Gasteiger partial charge < -0.3 is 10.4 Å². The topological polar surface area (TPSA) is 75.4 Å². The Labute approximate surface area is 110 Å². The molecular formula is C13H17FN2O3. The molecule has 0 bridgehead atoms. The average Bonchev–Trinajstić information content (AvgIpc) is 2.77. The summed E-state index contributed by atoms with van der Waals surface area (Å²) in [6, 6.07) is 4.13. The van der Waals surface area contributed by atoms with E-state index in [1.54, 1.807) is 0 Å². The fourth-order valence-electron chi connectivity index (χ4n) is 2.76. The highest BCUT2D eigenvalue weighted by atomic mass is 19.1. The summed E-state index contributed by atoms with van der Waals surface area (Å²) in [6.45, 7) is 0.105. The van der Waals surface area contributed by atoms with E-state index in [9.17, 15) is 14.5 Å². The second kappa shape index (κ2) is 5.97. The number of aliphatic hydroxyl groups excluding tert-OH is 1. The van der Waals surface area contributed by atoms with Gasteiger partial charge >= 0.3 is 5.69 Å². The predicted octanol–water partition coefficient (Wildman–Crippen LogP) is 2.70. The van der Waals surface area contributed by atoms with Crippen molar-refractivity contribution in [3.05, 3.63) is 34.1 Å². The summed E-state index contributed by atoms with van der Waals surface area (Å²) in [5.74, 6) is -0.542. The number of benzene rings is 1. The number of nitro groups is 1. The first-order chi connectivity index (χ1) is 9.13. The summed E-state index contributed by atoms with van der Waals surface area (Å²) in [5, 5.41) is 23.0. The van der Waals surface area contributed by atoms with Crippen LogP contribution in [-0.4, -0.2) is 22.7 Å². The van der Waals surface area contributed by atoms with Gasteiger partial charge in [-0.05, 0) is 37.3 Å². The molecule has 0 spiro atoms. The molecule has 2 atom stereocenters. The molecule has 0 amide bonds. The van der Waals surface area contributed by atoms with Crippen molar-refractivity contribution >= 4 is 11.4 Å². The van der Waals surface area contributed by atoms with Crippen molar-refractivity contribution in [1.82, 2.24) is 0 Å². The Morgan fingerprint density at radius 1 is 1.47 bits per heavy atom. The van der Waals surface area contributed by atoms with Crippen LogP contribution in [-0.2, 0) is 0 Å². The largest absolute Gasteiger partial charge is 0.396 e. The van der Waals surface area contributed by atoms with Crippen LogP contribution in [0.4, 0.5) is 15.8 Å². The first kappa shape index (κ1) is 13.7. The lowest BCUT2D eigenvalue weighted by Gasteiger charge is -2.21. The van der Waals surface area contributed by atoms with Crippen LogP contribution in [0.1, 0.15) is 25.7 Å². The van der Waals surface area contributed by atoms with E-state index in [1.165, 1.54) is 12.1 Å². The van der Waals surface area contributed by atoms with Gasteiger partial charge in [-0.1, -0.05) is 12.5 Å². The lowest BCUT2D eigenvalue weighted by Crippen LogP contribution is -2.25. The number of rotatable bonds is 5. The van der Waals surface area contributed by atoms with E-state index in [-0.39, 0.29) is 24.3 Å². The van der Waals surface area contributed by atoms with Gasteiger partial charge in [0.1, 0.15) is 5.69 Å². The maximum atomic E-state index is 13.5. The quantitative estimate of drug-likeness (QED) is 0.636. The van der Waals surface area contributed by atoms with Crippen molar-refractivity contribution in [2.24, 2.45) is 5.92 Å². The first-order valence-electron chi connectivity index (χ1n) is 6.43. The van der Waals surface area contributed by atoms with Crippen molar-refractivity contribution < 1.29 is 14.4 Å². The van der Waals surface area contributed by atoms with Crippen molar-refractivity contribution in [1.29, 1.82) is 0 Å². The zero-order chi connectivity index (χ0) is 13.8. The number of anilines is 1. The number of hydrogen-bond acceptors (Lipinski definition) is 4. The second-order valence-corrected chi connectivity index (χ2v) is 4.85. The molecule has 6 heteroatoms. The van der Waals surface area contributed by atoms with Gasteiger partial charge in [-0.2, -0.15) is 4.39 Å². The maximum Gasteiger partial charge on any atom is 0.327 e.